The van der Waals surface area contributed by atoms with Crippen LogP contribution in [0.4, 0.5) is 0 Å². The smallest absolute Gasteiger partial charge is 0.0471 e. The lowest BCUT2D eigenvalue weighted by Crippen LogP contribution is -2.43. The molecule has 2 fully saturated rings. The zero-order chi connectivity index (χ0) is 12.1. The molecule has 1 atom stereocenters. The van der Waals surface area contributed by atoms with Gasteiger partial charge >= 0.3 is 0 Å². The van der Waals surface area contributed by atoms with Gasteiger partial charge in [-0.1, -0.05) is 13.8 Å². The van der Waals surface area contributed by atoms with E-state index >= 15 is 0 Å². The fourth-order valence-electron chi connectivity index (χ4n) is 3.06. The van der Waals surface area contributed by atoms with E-state index in [0.717, 1.165) is 13.2 Å². The molecule has 0 amide bonds. The Hall–Kier alpha value is -0.120. The van der Waals surface area contributed by atoms with Crippen LogP contribution in [0.3, 0.4) is 0 Å². The van der Waals surface area contributed by atoms with Crippen LogP contribution >= 0.6 is 0 Å². The molecular formula is C14H28N2O. The van der Waals surface area contributed by atoms with Crippen molar-refractivity contribution >= 4 is 0 Å². The standard InChI is InChI=1S/C14H28N2O/c1-3-13-11-16(8-4-7-15-13)12-14(2)5-9-17-10-6-14/h13,15H,3-12H2,1-2H3. The van der Waals surface area contributed by atoms with Crippen molar-refractivity contribution in [2.45, 2.75) is 45.6 Å². The first kappa shape index (κ1) is 13.3. The van der Waals surface area contributed by atoms with Gasteiger partial charge in [-0.2, -0.15) is 0 Å². The van der Waals surface area contributed by atoms with E-state index in [9.17, 15) is 0 Å². The first-order valence-corrected chi connectivity index (χ1v) is 7.25. The predicted octanol–water partition coefficient (Wildman–Crippen LogP) is 1.88. The highest BCUT2D eigenvalue weighted by atomic mass is 16.5. The summed E-state index contributed by atoms with van der Waals surface area (Å²) in [5.41, 5.74) is 0.487. The Morgan fingerprint density at radius 2 is 2.12 bits per heavy atom. The number of ether oxygens (including phenoxy) is 1. The molecule has 2 heterocycles. The summed E-state index contributed by atoms with van der Waals surface area (Å²) in [7, 11) is 0. The Bertz CT molecular complexity index is 226. The molecule has 2 aliphatic rings. The minimum Gasteiger partial charge on any atom is -0.381 e. The van der Waals surface area contributed by atoms with Gasteiger partial charge in [-0.3, -0.25) is 0 Å². The second kappa shape index (κ2) is 6.17. The van der Waals surface area contributed by atoms with Crippen molar-refractivity contribution in [2.24, 2.45) is 5.41 Å². The predicted molar refractivity (Wildman–Crippen MR) is 71.3 cm³/mol. The maximum absolute atomic E-state index is 5.49. The highest BCUT2D eigenvalue weighted by Crippen LogP contribution is 2.31. The van der Waals surface area contributed by atoms with Crippen LogP contribution in [-0.2, 0) is 4.74 Å². The number of rotatable bonds is 3. The molecule has 0 aliphatic carbocycles. The molecule has 2 saturated heterocycles. The monoisotopic (exact) mass is 240 g/mol. The maximum atomic E-state index is 5.49. The number of hydrogen-bond donors (Lipinski definition) is 1. The van der Waals surface area contributed by atoms with Crippen LogP contribution in [0.15, 0.2) is 0 Å². The van der Waals surface area contributed by atoms with Crippen molar-refractivity contribution < 1.29 is 4.74 Å². The molecule has 17 heavy (non-hydrogen) atoms. The fraction of sp³-hybridized carbons (Fsp3) is 1.00. The molecule has 0 aromatic heterocycles. The molecule has 100 valence electrons. The summed E-state index contributed by atoms with van der Waals surface area (Å²) in [6, 6.07) is 0.695. The maximum Gasteiger partial charge on any atom is 0.0471 e. The van der Waals surface area contributed by atoms with Crippen molar-refractivity contribution in [3.05, 3.63) is 0 Å². The molecule has 0 aromatic carbocycles. The molecule has 0 radical (unpaired) electrons. The van der Waals surface area contributed by atoms with Gasteiger partial charge in [0.15, 0.2) is 0 Å². The molecule has 2 rings (SSSR count). The Balaban J connectivity index is 1.87. The van der Waals surface area contributed by atoms with E-state index in [1.54, 1.807) is 0 Å². The molecule has 0 aromatic rings. The normalized spacial score (nSPS) is 31.1. The lowest BCUT2D eigenvalue weighted by atomic mass is 9.82. The Morgan fingerprint density at radius 3 is 2.82 bits per heavy atom. The van der Waals surface area contributed by atoms with Crippen molar-refractivity contribution in [1.29, 1.82) is 0 Å². The van der Waals surface area contributed by atoms with Crippen molar-refractivity contribution in [3.63, 3.8) is 0 Å². The van der Waals surface area contributed by atoms with Crippen molar-refractivity contribution in [2.75, 3.05) is 39.4 Å². The first-order valence-electron chi connectivity index (χ1n) is 7.25. The highest BCUT2D eigenvalue weighted by molar-refractivity contribution is 4.84. The molecule has 0 bridgehead atoms. The van der Waals surface area contributed by atoms with Crippen LogP contribution in [-0.4, -0.2) is 50.3 Å². The summed E-state index contributed by atoms with van der Waals surface area (Å²) in [6.45, 7) is 11.6. The van der Waals surface area contributed by atoms with E-state index in [-0.39, 0.29) is 0 Å². The molecule has 2 aliphatic heterocycles. The Labute approximate surface area is 106 Å². The van der Waals surface area contributed by atoms with Gasteiger partial charge in [0.1, 0.15) is 0 Å². The number of nitrogens with one attached hydrogen (secondary N) is 1. The third-order valence-corrected chi connectivity index (χ3v) is 4.36. The average molecular weight is 240 g/mol. The number of hydrogen-bond acceptors (Lipinski definition) is 3. The zero-order valence-corrected chi connectivity index (χ0v) is 11.5. The molecule has 0 spiro atoms. The first-order chi connectivity index (χ1) is 8.22. The minimum absolute atomic E-state index is 0.487. The summed E-state index contributed by atoms with van der Waals surface area (Å²) in [4.78, 5) is 2.68. The van der Waals surface area contributed by atoms with E-state index < -0.39 is 0 Å². The van der Waals surface area contributed by atoms with Gasteiger partial charge in [0, 0.05) is 32.3 Å². The van der Waals surface area contributed by atoms with Crippen LogP contribution in [0.2, 0.25) is 0 Å². The van der Waals surface area contributed by atoms with E-state index in [4.69, 9.17) is 4.74 Å². The van der Waals surface area contributed by atoms with Gasteiger partial charge in [-0.15, -0.1) is 0 Å². The minimum atomic E-state index is 0.487. The zero-order valence-electron chi connectivity index (χ0n) is 11.5. The lowest BCUT2D eigenvalue weighted by molar-refractivity contribution is 0.00481. The highest BCUT2D eigenvalue weighted by Gasteiger charge is 2.30. The third kappa shape index (κ3) is 3.94. The van der Waals surface area contributed by atoms with E-state index in [2.05, 4.69) is 24.1 Å². The summed E-state index contributed by atoms with van der Waals surface area (Å²) >= 11 is 0. The lowest BCUT2D eigenvalue weighted by Gasteiger charge is -2.38. The topological polar surface area (TPSA) is 24.5 Å². The third-order valence-electron chi connectivity index (χ3n) is 4.36. The van der Waals surface area contributed by atoms with Gasteiger partial charge in [-0.25, -0.2) is 0 Å². The van der Waals surface area contributed by atoms with Gasteiger partial charge in [0.05, 0.1) is 0 Å². The van der Waals surface area contributed by atoms with Gasteiger partial charge in [0.25, 0.3) is 0 Å². The summed E-state index contributed by atoms with van der Waals surface area (Å²) in [6.07, 6.45) is 5.00. The summed E-state index contributed by atoms with van der Waals surface area (Å²) in [5, 5.41) is 3.64. The SMILES string of the molecule is CCC1CN(CC2(C)CCOCC2)CCCN1. The molecule has 1 N–H and O–H groups in total. The molecule has 0 saturated carbocycles. The summed E-state index contributed by atoms with van der Waals surface area (Å²) < 4.78 is 5.49. The Morgan fingerprint density at radius 1 is 1.35 bits per heavy atom. The van der Waals surface area contributed by atoms with Crippen LogP contribution in [0.5, 0.6) is 0 Å². The van der Waals surface area contributed by atoms with E-state index in [1.165, 1.54) is 51.9 Å². The molecule has 1 unspecified atom stereocenters. The average Bonchev–Trinajstić information content (AvgIpc) is 2.54. The number of nitrogens with zero attached hydrogens (tertiary/aromatic N) is 1. The van der Waals surface area contributed by atoms with Crippen molar-refractivity contribution in [1.82, 2.24) is 10.2 Å². The van der Waals surface area contributed by atoms with Crippen LogP contribution in [0.1, 0.15) is 39.5 Å². The van der Waals surface area contributed by atoms with Gasteiger partial charge in [-0.05, 0) is 44.2 Å². The second-order valence-corrected chi connectivity index (χ2v) is 6.07. The van der Waals surface area contributed by atoms with Crippen LogP contribution < -0.4 is 5.32 Å². The fourth-order valence-corrected chi connectivity index (χ4v) is 3.06. The van der Waals surface area contributed by atoms with E-state index in [1.807, 2.05) is 0 Å². The molecule has 3 heteroatoms. The quantitative estimate of drug-likeness (QED) is 0.815. The molecular weight excluding hydrogens is 212 g/mol. The van der Waals surface area contributed by atoms with Gasteiger partial charge < -0.3 is 15.0 Å². The molecule has 3 nitrogen and oxygen atoms in total. The largest absolute Gasteiger partial charge is 0.381 e. The van der Waals surface area contributed by atoms with Crippen LogP contribution in [0, 0.1) is 5.41 Å². The second-order valence-electron chi connectivity index (χ2n) is 6.07. The summed E-state index contributed by atoms with van der Waals surface area (Å²) in [5.74, 6) is 0. The van der Waals surface area contributed by atoms with Gasteiger partial charge in [0.2, 0.25) is 0 Å². The Kier molecular flexibility index (Phi) is 4.83. The van der Waals surface area contributed by atoms with E-state index in [0.29, 0.717) is 11.5 Å². The van der Waals surface area contributed by atoms with Crippen LogP contribution in [0.25, 0.3) is 0 Å². The van der Waals surface area contributed by atoms with Crippen molar-refractivity contribution in [3.8, 4) is 0 Å².